The fraction of sp³-hybridized carbons (Fsp3) is 0.667. The highest BCUT2D eigenvalue weighted by molar-refractivity contribution is 5.66. The molecule has 1 aliphatic heterocycles. The fourth-order valence-electron chi connectivity index (χ4n) is 2.21. The molecule has 1 aromatic heterocycles. The number of aryl methyl sites for hydroxylation is 2. The normalized spacial score (nSPS) is 19.0. The summed E-state index contributed by atoms with van der Waals surface area (Å²) in [6, 6.07) is 0. The van der Waals surface area contributed by atoms with E-state index in [1.54, 1.807) is 0 Å². The molecule has 1 unspecified atom stereocenters. The minimum Gasteiger partial charge on any atom is -0.481 e. The summed E-state index contributed by atoms with van der Waals surface area (Å²) in [6.45, 7) is 3.62. The maximum Gasteiger partial charge on any atom is 0.303 e. The van der Waals surface area contributed by atoms with Crippen LogP contribution in [0.4, 0.5) is 0 Å². The molecule has 2 heterocycles. The lowest BCUT2D eigenvalue weighted by Gasteiger charge is -2.22. The Bertz CT molecular complexity index is 400. The van der Waals surface area contributed by atoms with Gasteiger partial charge >= 0.3 is 5.97 Å². The number of carbonyl (C=O) groups is 1. The Morgan fingerprint density at radius 1 is 1.71 bits per heavy atom. The Morgan fingerprint density at radius 3 is 3.24 bits per heavy atom. The van der Waals surface area contributed by atoms with E-state index in [0.717, 1.165) is 30.9 Å². The fourth-order valence-corrected chi connectivity index (χ4v) is 2.21. The maximum absolute atomic E-state index is 10.5. The van der Waals surface area contributed by atoms with Crippen LogP contribution in [0.3, 0.4) is 0 Å². The molecule has 0 saturated carbocycles. The first-order chi connectivity index (χ1) is 8.20. The summed E-state index contributed by atoms with van der Waals surface area (Å²) in [5.74, 6) is 0.177. The molecule has 0 radical (unpaired) electrons. The van der Waals surface area contributed by atoms with Crippen molar-refractivity contribution in [3.63, 3.8) is 0 Å². The van der Waals surface area contributed by atoms with E-state index in [0.29, 0.717) is 13.0 Å². The molecular weight excluding hydrogens is 220 g/mol. The van der Waals surface area contributed by atoms with Gasteiger partial charge in [0, 0.05) is 25.8 Å². The van der Waals surface area contributed by atoms with Crippen LogP contribution in [0.15, 0.2) is 6.20 Å². The van der Waals surface area contributed by atoms with Crippen molar-refractivity contribution < 1.29 is 14.6 Å². The first kappa shape index (κ1) is 12.1. The number of hydrogen-bond acceptors (Lipinski definition) is 3. The zero-order valence-corrected chi connectivity index (χ0v) is 10.1. The van der Waals surface area contributed by atoms with Crippen molar-refractivity contribution in [1.29, 1.82) is 0 Å². The number of rotatable bonds is 5. The third-order valence-corrected chi connectivity index (χ3v) is 2.97. The van der Waals surface area contributed by atoms with Crippen LogP contribution >= 0.6 is 0 Å². The van der Waals surface area contributed by atoms with Gasteiger partial charge in [0.25, 0.3) is 0 Å². The van der Waals surface area contributed by atoms with Gasteiger partial charge in [0.15, 0.2) is 0 Å². The van der Waals surface area contributed by atoms with Crippen molar-refractivity contribution in [1.82, 2.24) is 9.55 Å². The van der Waals surface area contributed by atoms with Gasteiger partial charge in [-0.1, -0.05) is 0 Å². The van der Waals surface area contributed by atoms with E-state index >= 15 is 0 Å². The zero-order chi connectivity index (χ0) is 12.3. The second-order valence-corrected chi connectivity index (χ2v) is 4.26. The Morgan fingerprint density at radius 2 is 2.53 bits per heavy atom. The van der Waals surface area contributed by atoms with Gasteiger partial charge in [0.1, 0.15) is 11.9 Å². The van der Waals surface area contributed by atoms with Crippen molar-refractivity contribution in [2.75, 3.05) is 6.61 Å². The largest absolute Gasteiger partial charge is 0.481 e. The number of nitrogens with zero attached hydrogens (tertiary/aromatic N) is 2. The molecule has 5 heteroatoms. The zero-order valence-electron chi connectivity index (χ0n) is 10.1. The molecule has 2 rings (SSSR count). The molecule has 1 aliphatic rings. The van der Waals surface area contributed by atoms with Crippen LogP contribution in [0.25, 0.3) is 0 Å². The molecule has 0 fully saturated rings. The topological polar surface area (TPSA) is 64.3 Å². The van der Waals surface area contributed by atoms with Crippen molar-refractivity contribution in [2.24, 2.45) is 0 Å². The van der Waals surface area contributed by atoms with Crippen LogP contribution in [0.1, 0.15) is 43.8 Å². The van der Waals surface area contributed by atoms with Crippen molar-refractivity contribution in [3.8, 4) is 0 Å². The highest BCUT2D eigenvalue weighted by Crippen LogP contribution is 2.27. The highest BCUT2D eigenvalue weighted by atomic mass is 16.5. The number of imidazole rings is 1. The molecule has 0 amide bonds. The Kier molecular flexibility index (Phi) is 3.78. The lowest BCUT2D eigenvalue weighted by Crippen LogP contribution is -2.17. The predicted octanol–water partition coefficient (Wildman–Crippen LogP) is 1.77. The molecule has 0 saturated heterocycles. The van der Waals surface area contributed by atoms with Gasteiger partial charge in [-0.15, -0.1) is 0 Å². The predicted molar refractivity (Wildman–Crippen MR) is 61.8 cm³/mol. The second-order valence-electron chi connectivity index (χ2n) is 4.26. The van der Waals surface area contributed by atoms with E-state index in [4.69, 9.17) is 9.84 Å². The van der Waals surface area contributed by atoms with Crippen LogP contribution in [-0.2, 0) is 22.5 Å². The number of ether oxygens (including phenoxy) is 1. The van der Waals surface area contributed by atoms with E-state index in [-0.39, 0.29) is 12.5 Å². The summed E-state index contributed by atoms with van der Waals surface area (Å²) in [5, 5.41) is 8.65. The average Bonchev–Trinajstić information content (AvgIpc) is 2.71. The van der Waals surface area contributed by atoms with Crippen molar-refractivity contribution >= 4 is 5.97 Å². The molecule has 94 valence electrons. The van der Waals surface area contributed by atoms with E-state index in [9.17, 15) is 4.79 Å². The summed E-state index contributed by atoms with van der Waals surface area (Å²) in [7, 11) is 0. The van der Waals surface area contributed by atoms with Gasteiger partial charge in [-0.05, 0) is 19.8 Å². The molecule has 1 aromatic rings. The van der Waals surface area contributed by atoms with Gasteiger partial charge in [0.2, 0.25) is 0 Å². The van der Waals surface area contributed by atoms with Crippen molar-refractivity contribution in [3.05, 3.63) is 17.7 Å². The van der Waals surface area contributed by atoms with Gasteiger partial charge < -0.3 is 14.4 Å². The molecule has 0 spiro atoms. The third-order valence-electron chi connectivity index (χ3n) is 2.97. The summed E-state index contributed by atoms with van der Waals surface area (Å²) < 4.78 is 7.75. The van der Waals surface area contributed by atoms with Crippen LogP contribution < -0.4 is 0 Å². The lowest BCUT2D eigenvalue weighted by molar-refractivity contribution is -0.136. The number of fused-ring (bicyclic) bond motifs is 1. The van der Waals surface area contributed by atoms with Gasteiger partial charge in [-0.2, -0.15) is 0 Å². The van der Waals surface area contributed by atoms with Crippen LogP contribution in [0, 0.1) is 0 Å². The number of carboxylic acid groups (broad SMARTS) is 1. The SMILES string of the molecule is CCOC1CCCn2cc(CCC(=O)O)nc21. The molecule has 1 atom stereocenters. The Hall–Kier alpha value is -1.36. The molecule has 17 heavy (non-hydrogen) atoms. The molecule has 1 N–H and O–H groups in total. The molecule has 0 bridgehead atoms. The Labute approximate surface area is 100 Å². The van der Waals surface area contributed by atoms with Crippen molar-refractivity contribution in [2.45, 2.75) is 45.3 Å². The molecular formula is C12H18N2O3. The Balaban J connectivity index is 2.10. The third kappa shape index (κ3) is 2.85. The number of carboxylic acids is 1. The van der Waals surface area contributed by atoms with E-state index in [1.165, 1.54) is 0 Å². The maximum atomic E-state index is 10.5. The first-order valence-corrected chi connectivity index (χ1v) is 6.10. The smallest absolute Gasteiger partial charge is 0.303 e. The molecule has 5 nitrogen and oxygen atoms in total. The monoisotopic (exact) mass is 238 g/mol. The van der Waals surface area contributed by atoms with Crippen LogP contribution in [-0.4, -0.2) is 27.2 Å². The van der Waals surface area contributed by atoms with Gasteiger partial charge in [-0.25, -0.2) is 4.98 Å². The van der Waals surface area contributed by atoms with Crippen LogP contribution in [0.2, 0.25) is 0 Å². The summed E-state index contributed by atoms with van der Waals surface area (Å²) in [5.41, 5.74) is 0.856. The molecule has 0 aliphatic carbocycles. The van der Waals surface area contributed by atoms with E-state index in [1.807, 2.05) is 13.1 Å². The van der Waals surface area contributed by atoms with Gasteiger partial charge in [-0.3, -0.25) is 4.79 Å². The lowest BCUT2D eigenvalue weighted by atomic mass is 10.1. The van der Waals surface area contributed by atoms with E-state index < -0.39 is 5.97 Å². The first-order valence-electron chi connectivity index (χ1n) is 6.10. The number of aliphatic carboxylic acids is 1. The number of aromatic nitrogens is 2. The number of hydrogen-bond donors (Lipinski definition) is 1. The quantitative estimate of drug-likeness (QED) is 0.849. The molecule has 0 aromatic carbocycles. The van der Waals surface area contributed by atoms with E-state index in [2.05, 4.69) is 9.55 Å². The summed E-state index contributed by atoms with van der Waals surface area (Å²) in [6.07, 6.45) is 4.76. The highest BCUT2D eigenvalue weighted by Gasteiger charge is 2.23. The second kappa shape index (κ2) is 5.31. The average molecular weight is 238 g/mol. The standard InChI is InChI=1S/C12H18N2O3/c1-2-17-10-4-3-7-14-8-9(13-12(10)14)5-6-11(15)16/h8,10H,2-7H2,1H3,(H,15,16). The minimum absolute atomic E-state index is 0.0762. The van der Waals surface area contributed by atoms with Gasteiger partial charge in [0.05, 0.1) is 12.1 Å². The van der Waals surface area contributed by atoms with Crippen LogP contribution in [0.5, 0.6) is 0 Å². The summed E-state index contributed by atoms with van der Waals surface area (Å²) >= 11 is 0. The minimum atomic E-state index is -0.780. The summed E-state index contributed by atoms with van der Waals surface area (Å²) in [4.78, 5) is 15.0.